The topological polar surface area (TPSA) is 47.8 Å². The number of nitrogens with zero attached hydrogens (tertiary/aromatic N) is 3. The van der Waals surface area contributed by atoms with Gasteiger partial charge in [-0.3, -0.25) is 9.36 Å². The number of aldehydes is 1. The molecule has 0 aliphatic heterocycles. The van der Waals surface area contributed by atoms with Gasteiger partial charge in [-0.15, -0.1) is 11.3 Å². The minimum Gasteiger partial charge on any atom is -0.299 e. The molecule has 0 unspecified atom stereocenters. The molecule has 0 N–H and O–H groups in total. The first-order valence-corrected chi connectivity index (χ1v) is 7.66. The van der Waals surface area contributed by atoms with Crippen molar-refractivity contribution in [2.45, 2.75) is 0 Å². The fraction of sp³-hybridized carbons (Fsp3) is 0. The maximum absolute atomic E-state index is 10.9. The van der Waals surface area contributed by atoms with E-state index >= 15 is 0 Å². The molecular weight excluding hydrogens is 294 g/mol. The first-order valence-electron chi connectivity index (χ1n) is 6.78. The number of carbonyl (C=O) groups excluding carboxylic acids is 1. The second kappa shape index (κ2) is 5.20. The van der Waals surface area contributed by atoms with Gasteiger partial charge in [0.05, 0.1) is 11.0 Å². The van der Waals surface area contributed by atoms with E-state index in [0.29, 0.717) is 5.56 Å². The predicted molar refractivity (Wildman–Crippen MR) is 87.6 cm³/mol. The average molecular weight is 305 g/mol. The van der Waals surface area contributed by atoms with Crippen LogP contribution in [0.15, 0.2) is 60.4 Å². The molecule has 0 spiro atoms. The quantitative estimate of drug-likeness (QED) is 0.538. The largest absolute Gasteiger partial charge is 0.299 e. The van der Waals surface area contributed by atoms with Crippen molar-refractivity contribution in [2.24, 2.45) is 0 Å². The summed E-state index contributed by atoms with van der Waals surface area (Å²) in [6.07, 6.45) is 4.42. The summed E-state index contributed by atoms with van der Waals surface area (Å²) in [5.74, 6) is 0. The van der Waals surface area contributed by atoms with Gasteiger partial charge >= 0.3 is 0 Å². The molecule has 0 atom stereocenters. The molecule has 106 valence electrons. The molecule has 0 saturated carbocycles. The molecule has 0 amide bonds. The molecule has 4 aromatic rings. The zero-order valence-corrected chi connectivity index (χ0v) is 12.3. The van der Waals surface area contributed by atoms with Gasteiger partial charge in [0.2, 0.25) is 0 Å². The van der Waals surface area contributed by atoms with Crippen LogP contribution < -0.4 is 0 Å². The van der Waals surface area contributed by atoms with E-state index in [-0.39, 0.29) is 0 Å². The van der Waals surface area contributed by atoms with Crippen molar-refractivity contribution in [1.29, 1.82) is 0 Å². The Bertz CT molecular complexity index is 957. The van der Waals surface area contributed by atoms with E-state index < -0.39 is 0 Å². The number of hydrogen-bond acceptors (Lipinski definition) is 4. The van der Waals surface area contributed by atoms with E-state index in [0.717, 1.165) is 33.6 Å². The first kappa shape index (κ1) is 12.9. The number of imidazole rings is 1. The molecule has 2 aromatic carbocycles. The van der Waals surface area contributed by atoms with Gasteiger partial charge in [-0.25, -0.2) is 9.97 Å². The van der Waals surface area contributed by atoms with Crippen molar-refractivity contribution < 1.29 is 4.79 Å². The van der Waals surface area contributed by atoms with Gasteiger partial charge in [0.1, 0.15) is 17.6 Å². The maximum Gasteiger partial charge on any atom is 0.150 e. The summed E-state index contributed by atoms with van der Waals surface area (Å²) in [6, 6.07) is 13.7. The van der Waals surface area contributed by atoms with Gasteiger partial charge in [0.25, 0.3) is 0 Å². The highest BCUT2D eigenvalue weighted by Crippen LogP contribution is 2.26. The van der Waals surface area contributed by atoms with E-state index in [2.05, 4.69) is 16.0 Å². The fourth-order valence-electron chi connectivity index (χ4n) is 2.46. The number of thiazole rings is 1. The number of benzene rings is 2. The molecule has 5 heteroatoms. The Morgan fingerprint density at radius 3 is 2.86 bits per heavy atom. The van der Waals surface area contributed by atoms with E-state index in [9.17, 15) is 4.79 Å². The van der Waals surface area contributed by atoms with Crippen molar-refractivity contribution in [3.63, 3.8) is 0 Å². The van der Waals surface area contributed by atoms with Crippen molar-refractivity contribution in [2.75, 3.05) is 0 Å². The summed E-state index contributed by atoms with van der Waals surface area (Å²) in [7, 11) is 0. The molecule has 0 aliphatic rings. The van der Waals surface area contributed by atoms with Gasteiger partial charge in [0, 0.05) is 28.4 Å². The Morgan fingerprint density at radius 2 is 2.05 bits per heavy atom. The monoisotopic (exact) mass is 305 g/mol. The standard InChI is InChI=1S/C17H11N3OS/c21-10-12-4-5-16-15(8-12)19-11-20(16)14-3-1-2-13(9-14)17-18-6-7-22-17/h1-11H. The van der Waals surface area contributed by atoms with Gasteiger partial charge in [-0.05, 0) is 30.3 Å². The molecule has 0 bridgehead atoms. The lowest BCUT2D eigenvalue weighted by Crippen LogP contribution is -1.92. The SMILES string of the molecule is O=Cc1ccc2c(c1)ncn2-c1cccc(-c2nccs2)c1. The summed E-state index contributed by atoms with van der Waals surface area (Å²) in [4.78, 5) is 19.6. The normalized spacial score (nSPS) is 10.9. The molecule has 0 radical (unpaired) electrons. The molecule has 0 fully saturated rings. The summed E-state index contributed by atoms with van der Waals surface area (Å²) < 4.78 is 2.01. The van der Waals surface area contributed by atoms with Crippen molar-refractivity contribution in [1.82, 2.24) is 14.5 Å². The molecule has 4 rings (SSSR count). The van der Waals surface area contributed by atoms with E-state index in [1.165, 1.54) is 0 Å². The van der Waals surface area contributed by atoms with Gasteiger partial charge in [-0.1, -0.05) is 12.1 Å². The van der Waals surface area contributed by atoms with Crippen LogP contribution in [0.1, 0.15) is 10.4 Å². The molecule has 2 heterocycles. The van der Waals surface area contributed by atoms with Crippen LogP contribution in [0.2, 0.25) is 0 Å². The van der Waals surface area contributed by atoms with Gasteiger partial charge in [-0.2, -0.15) is 0 Å². The minimum atomic E-state index is 0.634. The second-order valence-corrected chi connectivity index (χ2v) is 5.76. The lowest BCUT2D eigenvalue weighted by Gasteiger charge is -2.06. The molecule has 2 aromatic heterocycles. The van der Waals surface area contributed by atoms with E-state index in [1.54, 1.807) is 36.0 Å². The highest BCUT2D eigenvalue weighted by molar-refractivity contribution is 7.13. The van der Waals surface area contributed by atoms with Crippen LogP contribution in [0.5, 0.6) is 0 Å². The van der Waals surface area contributed by atoms with Crippen molar-refractivity contribution >= 4 is 28.7 Å². The van der Waals surface area contributed by atoms with Crippen molar-refractivity contribution in [3.8, 4) is 16.3 Å². The maximum atomic E-state index is 10.9. The Morgan fingerprint density at radius 1 is 1.09 bits per heavy atom. The molecule has 0 aliphatic carbocycles. The van der Waals surface area contributed by atoms with Gasteiger partial charge in [0.15, 0.2) is 0 Å². The third kappa shape index (κ3) is 2.12. The smallest absolute Gasteiger partial charge is 0.150 e. The number of fused-ring (bicyclic) bond motifs is 1. The second-order valence-electron chi connectivity index (χ2n) is 4.87. The third-order valence-electron chi connectivity index (χ3n) is 3.51. The molecular formula is C17H11N3OS. The highest BCUT2D eigenvalue weighted by Gasteiger charge is 2.07. The number of hydrogen-bond donors (Lipinski definition) is 0. The Labute approximate surface area is 130 Å². The van der Waals surface area contributed by atoms with Gasteiger partial charge < -0.3 is 0 Å². The van der Waals surface area contributed by atoms with E-state index in [1.807, 2.05) is 34.2 Å². The molecule has 22 heavy (non-hydrogen) atoms. The van der Waals surface area contributed by atoms with Crippen LogP contribution in [0, 0.1) is 0 Å². The lowest BCUT2D eigenvalue weighted by atomic mass is 10.2. The Hall–Kier alpha value is -2.79. The molecule has 0 saturated heterocycles. The number of aromatic nitrogens is 3. The summed E-state index contributed by atoms with van der Waals surface area (Å²) in [6.45, 7) is 0. The lowest BCUT2D eigenvalue weighted by molar-refractivity contribution is 0.112. The minimum absolute atomic E-state index is 0.634. The van der Waals surface area contributed by atoms with Crippen LogP contribution >= 0.6 is 11.3 Å². The Balaban J connectivity index is 1.85. The van der Waals surface area contributed by atoms with Crippen LogP contribution in [0.3, 0.4) is 0 Å². The summed E-state index contributed by atoms with van der Waals surface area (Å²) >= 11 is 1.62. The van der Waals surface area contributed by atoms with Crippen LogP contribution in [0.25, 0.3) is 27.3 Å². The summed E-state index contributed by atoms with van der Waals surface area (Å²) in [5, 5.41) is 2.96. The van der Waals surface area contributed by atoms with E-state index in [4.69, 9.17) is 0 Å². The molecule has 4 nitrogen and oxygen atoms in total. The number of rotatable bonds is 3. The Kier molecular flexibility index (Phi) is 3.05. The fourth-order valence-corrected chi connectivity index (χ4v) is 3.10. The van der Waals surface area contributed by atoms with Crippen LogP contribution in [0.4, 0.5) is 0 Å². The van der Waals surface area contributed by atoms with Crippen molar-refractivity contribution in [3.05, 3.63) is 65.9 Å². The predicted octanol–water partition coefficient (Wildman–Crippen LogP) is 3.96. The zero-order chi connectivity index (χ0) is 14.9. The highest BCUT2D eigenvalue weighted by atomic mass is 32.1. The number of carbonyl (C=O) groups is 1. The zero-order valence-electron chi connectivity index (χ0n) is 11.5. The van der Waals surface area contributed by atoms with Crippen LogP contribution in [-0.4, -0.2) is 20.8 Å². The van der Waals surface area contributed by atoms with Crippen LogP contribution in [-0.2, 0) is 0 Å². The third-order valence-corrected chi connectivity index (χ3v) is 4.33. The average Bonchev–Trinajstić information content (AvgIpc) is 3.24. The summed E-state index contributed by atoms with van der Waals surface area (Å²) in [5.41, 5.74) is 4.52. The first-order chi connectivity index (χ1) is 10.8.